The van der Waals surface area contributed by atoms with Crippen LogP contribution >= 0.6 is 0 Å². The van der Waals surface area contributed by atoms with E-state index in [0.29, 0.717) is 12.5 Å². The zero-order valence-corrected chi connectivity index (χ0v) is 13.5. The second-order valence-corrected chi connectivity index (χ2v) is 6.95. The normalized spacial score (nSPS) is 31.8. The van der Waals surface area contributed by atoms with Gasteiger partial charge in [-0.15, -0.1) is 0 Å². The van der Waals surface area contributed by atoms with Crippen molar-refractivity contribution in [2.45, 2.75) is 45.8 Å². The molecule has 1 amide bonds. The van der Waals surface area contributed by atoms with Crippen molar-refractivity contribution < 1.29 is 19.1 Å². The van der Waals surface area contributed by atoms with Crippen LogP contribution in [0.15, 0.2) is 12.2 Å². The molecule has 0 N–H and O–H groups in total. The first-order chi connectivity index (χ1) is 9.74. The van der Waals surface area contributed by atoms with Gasteiger partial charge in [-0.2, -0.15) is 0 Å². The number of allylic oxidation sites excluding steroid dienone is 2. The predicted octanol–water partition coefficient (Wildman–Crippen LogP) is 2.61. The molecule has 5 heteroatoms. The van der Waals surface area contributed by atoms with E-state index in [1.807, 2.05) is 20.8 Å². The van der Waals surface area contributed by atoms with Gasteiger partial charge in [0.2, 0.25) is 0 Å². The summed E-state index contributed by atoms with van der Waals surface area (Å²) in [5.74, 6) is 0.399. The number of esters is 1. The molecule has 2 rings (SSSR count). The first kappa shape index (κ1) is 15.9. The van der Waals surface area contributed by atoms with Gasteiger partial charge in [0.15, 0.2) is 0 Å². The summed E-state index contributed by atoms with van der Waals surface area (Å²) in [5, 5.41) is 0. The number of amides is 1. The standard InChI is InChI=1S/C16H25NO4/c1-10-7-6-8-11-12(10)9-17(13(11)14(18)20-5)15(19)21-16(2,3)4/h6-7,10-13H,8-9H2,1-5H3/t10?,11-,12+,13-/m0/s1. The van der Waals surface area contributed by atoms with E-state index < -0.39 is 17.7 Å². The van der Waals surface area contributed by atoms with Crippen LogP contribution in [0, 0.1) is 17.8 Å². The van der Waals surface area contributed by atoms with E-state index in [2.05, 4.69) is 19.1 Å². The van der Waals surface area contributed by atoms with Gasteiger partial charge < -0.3 is 9.47 Å². The van der Waals surface area contributed by atoms with Gasteiger partial charge in [-0.3, -0.25) is 4.90 Å². The fourth-order valence-corrected chi connectivity index (χ4v) is 3.33. The maximum absolute atomic E-state index is 12.4. The summed E-state index contributed by atoms with van der Waals surface area (Å²) >= 11 is 0. The number of methoxy groups -OCH3 is 1. The second-order valence-electron chi connectivity index (χ2n) is 6.95. The SMILES string of the molecule is COC(=O)[C@@H]1[C@H]2CC=CC(C)[C@H]2CN1C(=O)OC(C)(C)C. The van der Waals surface area contributed by atoms with Gasteiger partial charge in [-0.25, -0.2) is 9.59 Å². The average molecular weight is 295 g/mol. The van der Waals surface area contributed by atoms with Crippen LogP contribution in [-0.4, -0.2) is 42.3 Å². The maximum atomic E-state index is 12.4. The Morgan fingerprint density at radius 1 is 1.24 bits per heavy atom. The summed E-state index contributed by atoms with van der Waals surface area (Å²) < 4.78 is 10.4. The van der Waals surface area contributed by atoms with Gasteiger partial charge in [-0.05, 0) is 44.9 Å². The van der Waals surface area contributed by atoms with Gasteiger partial charge in [0.05, 0.1) is 7.11 Å². The highest BCUT2D eigenvalue weighted by Gasteiger charge is 2.50. The second kappa shape index (κ2) is 5.70. The van der Waals surface area contributed by atoms with Crippen molar-refractivity contribution in [3.8, 4) is 0 Å². The lowest BCUT2D eigenvalue weighted by molar-refractivity contribution is -0.147. The van der Waals surface area contributed by atoms with E-state index in [-0.39, 0.29) is 17.8 Å². The number of likely N-dealkylation sites (tertiary alicyclic amines) is 1. The molecule has 1 aliphatic heterocycles. The molecule has 1 fully saturated rings. The Morgan fingerprint density at radius 2 is 1.90 bits per heavy atom. The molecule has 0 spiro atoms. The van der Waals surface area contributed by atoms with E-state index in [1.165, 1.54) is 7.11 Å². The summed E-state index contributed by atoms with van der Waals surface area (Å²) in [7, 11) is 1.37. The Kier molecular flexibility index (Phi) is 4.30. The average Bonchev–Trinajstić information content (AvgIpc) is 2.77. The molecule has 1 heterocycles. The number of rotatable bonds is 1. The third-order valence-electron chi connectivity index (χ3n) is 4.29. The lowest BCUT2D eigenvalue weighted by Crippen LogP contribution is -2.46. The minimum absolute atomic E-state index is 0.116. The topological polar surface area (TPSA) is 55.8 Å². The third-order valence-corrected chi connectivity index (χ3v) is 4.29. The van der Waals surface area contributed by atoms with Crippen LogP contribution in [0.1, 0.15) is 34.1 Å². The Balaban J connectivity index is 2.24. The van der Waals surface area contributed by atoms with Crippen molar-refractivity contribution in [2.24, 2.45) is 17.8 Å². The molecule has 0 bridgehead atoms. The van der Waals surface area contributed by atoms with Crippen LogP contribution in [0.3, 0.4) is 0 Å². The van der Waals surface area contributed by atoms with Crippen molar-refractivity contribution in [1.82, 2.24) is 4.90 Å². The van der Waals surface area contributed by atoms with Crippen LogP contribution in [0.4, 0.5) is 4.79 Å². The van der Waals surface area contributed by atoms with Crippen molar-refractivity contribution in [3.63, 3.8) is 0 Å². The predicted molar refractivity (Wildman–Crippen MR) is 78.6 cm³/mol. The largest absolute Gasteiger partial charge is 0.467 e. The number of carbonyl (C=O) groups excluding carboxylic acids is 2. The van der Waals surface area contributed by atoms with E-state index in [4.69, 9.17) is 9.47 Å². The lowest BCUT2D eigenvalue weighted by Gasteiger charge is -2.29. The molecule has 0 radical (unpaired) electrons. The van der Waals surface area contributed by atoms with Crippen molar-refractivity contribution in [1.29, 1.82) is 0 Å². The van der Waals surface area contributed by atoms with Crippen LogP contribution in [0.25, 0.3) is 0 Å². The Hall–Kier alpha value is -1.52. The minimum atomic E-state index is -0.574. The number of fused-ring (bicyclic) bond motifs is 1. The maximum Gasteiger partial charge on any atom is 0.411 e. The molecule has 5 nitrogen and oxygen atoms in total. The van der Waals surface area contributed by atoms with E-state index in [0.717, 1.165) is 6.42 Å². The van der Waals surface area contributed by atoms with Crippen molar-refractivity contribution in [3.05, 3.63) is 12.2 Å². The Bertz CT molecular complexity index is 452. The zero-order valence-electron chi connectivity index (χ0n) is 13.5. The summed E-state index contributed by atoms with van der Waals surface area (Å²) in [5.41, 5.74) is -0.574. The quantitative estimate of drug-likeness (QED) is 0.551. The third kappa shape index (κ3) is 3.22. The summed E-state index contributed by atoms with van der Waals surface area (Å²) in [6.07, 6.45) is 4.63. The summed E-state index contributed by atoms with van der Waals surface area (Å²) in [6.45, 7) is 8.15. The van der Waals surface area contributed by atoms with Crippen molar-refractivity contribution in [2.75, 3.05) is 13.7 Å². The van der Waals surface area contributed by atoms with Gasteiger partial charge in [-0.1, -0.05) is 19.1 Å². The highest BCUT2D eigenvalue weighted by molar-refractivity contribution is 5.82. The molecule has 1 saturated heterocycles. The number of nitrogens with zero attached hydrogens (tertiary/aromatic N) is 1. The fourth-order valence-electron chi connectivity index (χ4n) is 3.33. The number of ether oxygens (including phenoxy) is 2. The number of carbonyl (C=O) groups is 2. The Labute approximate surface area is 126 Å². The molecule has 0 aromatic carbocycles. The van der Waals surface area contributed by atoms with Crippen LogP contribution in [0.2, 0.25) is 0 Å². The number of hydrogen-bond acceptors (Lipinski definition) is 4. The monoisotopic (exact) mass is 295 g/mol. The van der Waals surface area contributed by atoms with Gasteiger partial charge in [0.1, 0.15) is 11.6 Å². The van der Waals surface area contributed by atoms with Gasteiger partial charge in [0, 0.05) is 6.54 Å². The van der Waals surface area contributed by atoms with Crippen LogP contribution in [0.5, 0.6) is 0 Å². The smallest absolute Gasteiger partial charge is 0.411 e. The van der Waals surface area contributed by atoms with Gasteiger partial charge >= 0.3 is 12.1 Å². The van der Waals surface area contributed by atoms with Crippen LogP contribution < -0.4 is 0 Å². The summed E-state index contributed by atoms with van der Waals surface area (Å²) in [6, 6.07) is -0.540. The van der Waals surface area contributed by atoms with E-state index in [9.17, 15) is 9.59 Å². The molecule has 0 aromatic heterocycles. The first-order valence-electron chi connectivity index (χ1n) is 7.48. The molecule has 21 heavy (non-hydrogen) atoms. The highest BCUT2D eigenvalue weighted by Crippen LogP contribution is 2.41. The minimum Gasteiger partial charge on any atom is -0.467 e. The van der Waals surface area contributed by atoms with E-state index >= 15 is 0 Å². The molecule has 0 saturated carbocycles. The molecule has 2 aliphatic rings. The zero-order chi connectivity index (χ0) is 15.8. The Morgan fingerprint density at radius 3 is 2.48 bits per heavy atom. The highest BCUT2D eigenvalue weighted by atomic mass is 16.6. The van der Waals surface area contributed by atoms with Gasteiger partial charge in [0.25, 0.3) is 0 Å². The lowest BCUT2D eigenvalue weighted by atomic mass is 9.76. The molecule has 1 aliphatic carbocycles. The molecular weight excluding hydrogens is 270 g/mol. The fraction of sp³-hybridized carbons (Fsp3) is 0.750. The van der Waals surface area contributed by atoms with Crippen LogP contribution in [-0.2, 0) is 14.3 Å². The summed E-state index contributed by atoms with van der Waals surface area (Å²) in [4.78, 5) is 26.1. The molecule has 0 aromatic rings. The molecule has 118 valence electrons. The molecule has 4 atom stereocenters. The van der Waals surface area contributed by atoms with Crippen molar-refractivity contribution >= 4 is 12.1 Å². The first-order valence-corrected chi connectivity index (χ1v) is 7.48. The van der Waals surface area contributed by atoms with E-state index in [1.54, 1.807) is 4.90 Å². The molecular formula is C16H25NO4. The molecule has 1 unspecified atom stereocenters. The number of hydrogen-bond donors (Lipinski definition) is 0.